The maximum atomic E-state index is 5.71. The molecule has 0 aliphatic rings. The van der Waals surface area contributed by atoms with Crippen LogP contribution >= 0.6 is 46.0 Å². The first-order chi connectivity index (χ1) is 10.5. The van der Waals surface area contributed by atoms with Crippen LogP contribution < -0.4 is 22.1 Å². The SMILES string of the molecule is CCCC(NCCSSCCNC(CCC)C(N)=S)C(N)=S. The minimum Gasteiger partial charge on any atom is -0.392 e. The molecule has 0 saturated carbocycles. The van der Waals surface area contributed by atoms with Crippen LogP contribution in [0.25, 0.3) is 0 Å². The Bertz CT molecular complexity index is 285. The van der Waals surface area contributed by atoms with Gasteiger partial charge in [0.25, 0.3) is 0 Å². The summed E-state index contributed by atoms with van der Waals surface area (Å²) >= 11 is 10.1. The van der Waals surface area contributed by atoms with Gasteiger partial charge in [0.05, 0.1) is 22.1 Å². The molecule has 0 radical (unpaired) electrons. The summed E-state index contributed by atoms with van der Waals surface area (Å²) in [5.74, 6) is 2.09. The summed E-state index contributed by atoms with van der Waals surface area (Å²) in [6.07, 6.45) is 4.19. The number of hydrogen-bond acceptors (Lipinski definition) is 6. The van der Waals surface area contributed by atoms with E-state index in [0.717, 1.165) is 50.3 Å². The molecule has 0 aromatic rings. The number of hydrogen-bond donors (Lipinski definition) is 4. The fourth-order valence-corrected chi connectivity index (χ4v) is 4.18. The first-order valence-electron chi connectivity index (χ1n) is 7.82. The van der Waals surface area contributed by atoms with E-state index in [4.69, 9.17) is 35.9 Å². The lowest BCUT2D eigenvalue weighted by Crippen LogP contribution is -2.41. The molecule has 0 spiro atoms. The van der Waals surface area contributed by atoms with Crippen LogP contribution in [0.2, 0.25) is 0 Å². The lowest BCUT2D eigenvalue weighted by atomic mass is 10.2. The van der Waals surface area contributed by atoms with E-state index in [1.54, 1.807) is 0 Å². The maximum absolute atomic E-state index is 5.71. The lowest BCUT2D eigenvalue weighted by molar-refractivity contribution is 0.596. The van der Waals surface area contributed by atoms with Crippen LogP contribution in [0.1, 0.15) is 39.5 Å². The van der Waals surface area contributed by atoms with Crippen LogP contribution in [0.5, 0.6) is 0 Å². The summed E-state index contributed by atoms with van der Waals surface area (Å²) in [4.78, 5) is 1.15. The molecule has 0 aliphatic heterocycles. The van der Waals surface area contributed by atoms with Gasteiger partial charge in [-0.3, -0.25) is 0 Å². The molecule has 0 aromatic carbocycles. The molecule has 0 saturated heterocycles. The zero-order valence-electron chi connectivity index (χ0n) is 13.6. The molecule has 6 N–H and O–H groups in total. The minimum absolute atomic E-state index is 0.174. The van der Waals surface area contributed by atoms with Gasteiger partial charge in [-0.05, 0) is 12.8 Å². The smallest absolute Gasteiger partial charge is 0.0899 e. The van der Waals surface area contributed by atoms with Crippen LogP contribution in [0, 0.1) is 0 Å². The van der Waals surface area contributed by atoms with Crippen LogP contribution in [0.3, 0.4) is 0 Å². The molecular weight excluding hydrogens is 352 g/mol. The predicted octanol–water partition coefficient (Wildman–Crippen LogP) is 2.46. The van der Waals surface area contributed by atoms with Gasteiger partial charge >= 0.3 is 0 Å². The van der Waals surface area contributed by atoms with E-state index in [1.807, 2.05) is 21.6 Å². The summed E-state index contributed by atoms with van der Waals surface area (Å²) in [6.45, 7) is 6.14. The minimum atomic E-state index is 0.174. The van der Waals surface area contributed by atoms with Crippen LogP contribution in [-0.2, 0) is 0 Å². The molecule has 0 rings (SSSR count). The zero-order chi connectivity index (χ0) is 16.8. The van der Waals surface area contributed by atoms with Gasteiger partial charge in [0.15, 0.2) is 0 Å². The Morgan fingerprint density at radius 1 is 0.864 bits per heavy atom. The molecule has 130 valence electrons. The van der Waals surface area contributed by atoms with Crippen molar-refractivity contribution < 1.29 is 0 Å². The van der Waals surface area contributed by atoms with E-state index >= 15 is 0 Å². The van der Waals surface area contributed by atoms with E-state index in [0.29, 0.717) is 9.98 Å². The Balaban J connectivity index is 3.57. The highest BCUT2D eigenvalue weighted by Gasteiger charge is 2.10. The van der Waals surface area contributed by atoms with E-state index in [9.17, 15) is 0 Å². The van der Waals surface area contributed by atoms with Gasteiger partial charge in [0.2, 0.25) is 0 Å². The highest BCUT2D eigenvalue weighted by atomic mass is 33.1. The number of rotatable bonds is 15. The average molecular weight is 383 g/mol. The molecule has 0 amide bonds. The van der Waals surface area contributed by atoms with Crippen molar-refractivity contribution in [1.29, 1.82) is 0 Å². The first-order valence-corrected chi connectivity index (χ1v) is 11.1. The molecule has 4 nitrogen and oxygen atoms in total. The van der Waals surface area contributed by atoms with Crippen molar-refractivity contribution >= 4 is 56.0 Å². The van der Waals surface area contributed by atoms with E-state index < -0.39 is 0 Å². The quantitative estimate of drug-likeness (QED) is 0.195. The third-order valence-corrected chi connectivity index (χ3v) is 6.05. The molecule has 0 bridgehead atoms. The molecule has 2 unspecified atom stereocenters. The number of nitrogens with two attached hydrogens (primary N) is 2. The van der Waals surface area contributed by atoms with Gasteiger partial charge in [-0.2, -0.15) is 0 Å². The molecule has 8 heteroatoms. The summed E-state index contributed by atoms with van der Waals surface area (Å²) in [6, 6.07) is 0.347. The Morgan fingerprint density at radius 3 is 1.50 bits per heavy atom. The largest absolute Gasteiger partial charge is 0.392 e. The molecule has 2 atom stereocenters. The van der Waals surface area contributed by atoms with Crippen molar-refractivity contribution in [3.8, 4) is 0 Å². The molecule has 22 heavy (non-hydrogen) atoms. The highest BCUT2D eigenvalue weighted by Crippen LogP contribution is 2.19. The second kappa shape index (κ2) is 15.0. The number of thiocarbonyl (C=S) groups is 2. The van der Waals surface area contributed by atoms with E-state index in [1.165, 1.54) is 0 Å². The fourth-order valence-electron chi connectivity index (χ4n) is 1.93. The van der Waals surface area contributed by atoms with Crippen molar-refractivity contribution in [2.75, 3.05) is 24.6 Å². The lowest BCUT2D eigenvalue weighted by Gasteiger charge is -2.17. The predicted molar refractivity (Wildman–Crippen MR) is 112 cm³/mol. The highest BCUT2D eigenvalue weighted by molar-refractivity contribution is 8.76. The van der Waals surface area contributed by atoms with Crippen LogP contribution in [0.4, 0.5) is 0 Å². The molecule has 0 heterocycles. The third kappa shape index (κ3) is 11.9. The Morgan fingerprint density at radius 2 is 1.23 bits per heavy atom. The van der Waals surface area contributed by atoms with Gasteiger partial charge in [0.1, 0.15) is 0 Å². The van der Waals surface area contributed by atoms with Crippen molar-refractivity contribution in [3.05, 3.63) is 0 Å². The van der Waals surface area contributed by atoms with Gasteiger partial charge in [-0.1, -0.05) is 72.7 Å². The number of nitrogens with one attached hydrogen (secondary N) is 2. The van der Waals surface area contributed by atoms with E-state index in [-0.39, 0.29) is 12.1 Å². The van der Waals surface area contributed by atoms with Crippen LogP contribution in [-0.4, -0.2) is 46.7 Å². The fraction of sp³-hybridized carbons (Fsp3) is 0.857. The summed E-state index contributed by atoms with van der Waals surface area (Å²) in [5.41, 5.74) is 11.4. The standard InChI is InChI=1S/C14H30N4S4/c1-3-5-11(13(15)19)17-7-9-21-22-10-8-18-12(6-4-2)14(16)20/h11-12,17-18H,3-10H2,1-2H3,(H2,15,19)(H2,16,20). The third-order valence-electron chi connectivity index (χ3n) is 3.08. The monoisotopic (exact) mass is 382 g/mol. The van der Waals surface area contributed by atoms with Crippen molar-refractivity contribution in [2.24, 2.45) is 11.5 Å². The first kappa shape index (κ1) is 22.4. The topological polar surface area (TPSA) is 76.1 Å². The molecule has 0 aliphatic carbocycles. The normalized spacial score (nSPS) is 13.7. The molecule has 0 aromatic heterocycles. The van der Waals surface area contributed by atoms with Crippen molar-refractivity contribution in [3.63, 3.8) is 0 Å². The van der Waals surface area contributed by atoms with Crippen molar-refractivity contribution in [2.45, 2.75) is 51.6 Å². The Hall–Kier alpha value is 0.400. The van der Waals surface area contributed by atoms with E-state index in [2.05, 4.69) is 24.5 Å². The Labute approximate surface area is 154 Å². The Kier molecular flexibility index (Phi) is 15.2. The summed E-state index contributed by atoms with van der Waals surface area (Å²) < 4.78 is 0. The van der Waals surface area contributed by atoms with Gasteiger partial charge < -0.3 is 22.1 Å². The van der Waals surface area contributed by atoms with Crippen LogP contribution in [0.15, 0.2) is 0 Å². The van der Waals surface area contributed by atoms with Gasteiger partial charge in [-0.15, -0.1) is 0 Å². The average Bonchev–Trinajstić information content (AvgIpc) is 2.47. The second-order valence-corrected chi connectivity index (χ2v) is 8.68. The maximum Gasteiger partial charge on any atom is 0.0899 e. The van der Waals surface area contributed by atoms with Gasteiger partial charge in [0, 0.05) is 24.6 Å². The summed E-state index contributed by atoms with van der Waals surface area (Å²) in [7, 11) is 3.73. The molecule has 0 fully saturated rings. The summed E-state index contributed by atoms with van der Waals surface area (Å²) in [5, 5.41) is 6.82. The van der Waals surface area contributed by atoms with Gasteiger partial charge in [-0.25, -0.2) is 0 Å². The molecular formula is C14H30N4S4. The van der Waals surface area contributed by atoms with Crippen molar-refractivity contribution in [1.82, 2.24) is 10.6 Å². The zero-order valence-corrected chi connectivity index (χ0v) is 16.9. The second-order valence-electron chi connectivity index (χ2n) is 5.04.